The third-order valence-electron chi connectivity index (χ3n) is 2.79. The summed E-state index contributed by atoms with van der Waals surface area (Å²) >= 11 is 0. The fourth-order valence-corrected chi connectivity index (χ4v) is 1.88. The maximum absolute atomic E-state index is 12.0. The molecular weight excluding hydrogens is 228 g/mol. The molecule has 5 nitrogen and oxygen atoms in total. The van der Waals surface area contributed by atoms with Crippen LogP contribution in [0, 0.1) is 0 Å². The SMILES string of the molecule is O=c1n(CCc2ccccn2)nc2ccccn12. The van der Waals surface area contributed by atoms with Crippen LogP contribution in [0.25, 0.3) is 5.65 Å². The van der Waals surface area contributed by atoms with Gasteiger partial charge in [0.15, 0.2) is 5.65 Å². The largest absolute Gasteiger partial charge is 0.350 e. The predicted molar refractivity (Wildman–Crippen MR) is 67.4 cm³/mol. The molecule has 3 heterocycles. The van der Waals surface area contributed by atoms with E-state index in [1.54, 1.807) is 16.8 Å². The van der Waals surface area contributed by atoms with E-state index in [0.29, 0.717) is 18.6 Å². The van der Waals surface area contributed by atoms with Crippen molar-refractivity contribution < 1.29 is 0 Å². The lowest BCUT2D eigenvalue weighted by Crippen LogP contribution is -2.22. The van der Waals surface area contributed by atoms with Gasteiger partial charge in [0, 0.05) is 24.5 Å². The van der Waals surface area contributed by atoms with Crippen LogP contribution in [0.15, 0.2) is 53.6 Å². The highest BCUT2D eigenvalue weighted by atomic mass is 16.2. The Bertz CT molecular complexity index is 714. The topological polar surface area (TPSA) is 52.2 Å². The predicted octanol–water partition coefficient (Wildman–Crippen LogP) is 1.13. The number of fused-ring (bicyclic) bond motifs is 1. The van der Waals surface area contributed by atoms with Crippen LogP contribution in [0.2, 0.25) is 0 Å². The van der Waals surface area contributed by atoms with Gasteiger partial charge in [0.05, 0.1) is 6.54 Å². The van der Waals surface area contributed by atoms with Crippen molar-refractivity contribution in [3.05, 3.63) is 65.0 Å². The molecule has 18 heavy (non-hydrogen) atoms. The summed E-state index contributed by atoms with van der Waals surface area (Å²) in [7, 11) is 0. The number of hydrogen-bond donors (Lipinski definition) is 0. The van der Waals surface area contributed by atoms with Crippen LogP contribution in [-0.4, -0.2) is 19.2 Å². The number of hydrogen-bond acceptors (Lipinski definition) is 3. The Morgan fingerprint density at radius 1 is 1.11 bits per heavy atom. The first-order valence-electron chi connectivity index (χ1n) is 5.79. The molecule has 90 valence electrons. The first-order chi connectivity index (χ1) is 8.84. The second-order valence-corrected chi connectivity index (χ2v) is 4.01. The summed E-state index contributed by atoms with van der Waals surface area (Å²) in [4.78, 5) is 16.2. The van der Waals surface area contributed by atoms with Gasteiger partial charge in [-0.25, -0.2) is 9.48 Å². The third kappa shape index (κ3) is 1.90. The van der Waals surface area contributed by atoms with Crippen molar-refractivity contribution in [2.24, 2.45) is 0 Å². The molecule has 0 aromatic carbocycles. The molecule has 0 atom stereocenters. The Morgan fingerprint density at radius 2 is 2.00 bits per heavy atom. The summed E-state index contributed by atoms with van der Waals surface area (Å²) in [5.74, 6) is 0. The third-order valence-corrected chi connectivity index (χ3v) is 2.79. The minimum Gasteiger partial charge on any atom is -0.261 e. The van der Waals surface area contributed by atoms with E-state index < -0.39 is 0 Å². The smallest absolute Gasteiger partial charge is 0.261 e. The number of pyridine rings is 2. The number of aromatic nitrogens is 4. The van der Waals surface area contributed by atoms with Crippen LogP contribution < -0.4 is 5.69 Å². The van der Waals surface area contributed by atoms with Gasteiger partial charge in [-0.15, -0.1) is 5.10 Å². The fraction of sp³-hybridized carbons (Fsp3) is 0.154. The molecule has 0 radical (unpaired) electrons. The molecule has 0 saturated carbocycles. The highest BCUT2D eigenvalue weighted by Gasteiger charge is 2.05. The maximum Gasteiger partial charge on any atom is 0.350 e. The first-order valence-corrected chi connectivity index (χ1v) is 5.79. The van der Waals surface area contributed by atoms with Gasteiger partial charge in [0.2, 0.25) is 0 Å². The van der Waals surface area contributed by atoms with Crippen molar-refractivity contribution >= 4 is 5.65 Å². The molecule has 0 amide bonds. The van der Waals surface area contributed by atoms with Crippen molar-refractivity contribution in [2.45, 2.75) is 13.0 Å². The lowest BCUT2D eigenvalue weighted by molar-refractivity contribution is 0.587. The average Bonchev–Trinajstić information content (AvgIpc) is 2.75. The molecule has 0 fully saturated rings. The summed E-state index contributed by atoms with van der Waals surface area (Å²) in [5, 5.41) is 4.27. The molecule has 0 saturated heterocycles. The van der Waals surface area contributed by atoms with E-state index in [1.165, 1.54) is 4.68 Å². The quantitative estimate of drug-likeness (QED) is 0.689. The van der Waals surface area contributed by atoms with Crippen molar-refractivity contribution in [1.29, 1.82) is 0 Å². The molecule has 0 spiro atoms. The van der Waals surface area contributed by atoms with E-state index >= 15 is 0 Å². The Kier molecular flexibility index (Phi) is 2.64. The minimum atomic E-state index is -0.110. The first kappa shape index (κ1) is 10.7. The van der Waals surface area contributed by atoms with E-state index in [0.717, 1.165) is 5.69 Å². The molecule has 3 aromatic heterocycles. The molecule has 3 rings (SSSR count). The van der Waals surface area contributed by atoms with Gasteiger partial charge >= 0.3 is 5.69 Å². The summed E-state index contributed by atoms with van der Waals surface area (Å²) in [6.45, 7) is 0.539. The monoisotopic (exact) mass is 240 g/mol. The molecule has 0 aliphatic heterocycles. The molecule has 0 aliphatic carbocycles. The summed E-state index contributed by atoms with van der Waals surface area (Å²) < 4.78 is 3.02. The molecule has 0 unspecified atom stereocenters. The lowest BCUT2D eigenvalue weighted by atomic mass is 10.3. The fourth-order valence-electron chi connectivity index (χ4n) is 1.88. The highest BCUT2D eigenvalue weighted by Crippen LogP contribution is 1.98. The number of nitrogens with zero attached hydrogens (tertiary/aromatic N) is 4. The maximum atomic E-state index is 12.0. The van der Waals surface area contributed by atoms with Gasteiger partial charge in [-0.2, -0.15) is 0 Å². The zero-order chi connectivity index (χ0) is 12.4. The Labute approximate surface area is 103 Å². The summed E-state index contributed by atoms with van der Waals surface area (Å²) in [6, 6.07) is 11.3. The van der Waals surface area contributed by atoms with E-state index in [-0.39, 0.29) is 5.69 Å². The second-order valence-electron chi connectivity index (χ2n) is 4.01. The van der Waals surface area contributed by atoms with Crippen molar-refractivity contribution in [3.8, 4) is 0 Å². The molecule has 0 N–H and O–H groups in total. The second kappa shape index (κ2) is 4.44. The average molecular weight is 240 g/mol. The number of rotatable bonds is 3. The lowest BCUT2D eigenvalue weighted by Gasteiger charge is -1.98. The van der Waals surface area contributed by atoms with Crippen LogP contribution in [-0.2, 0) is 13.0 Å². The van der Waals surface area contributed by atoms with Crippen LogP contribution in [0.4, 0.5) is 0 Å². The minimum absolute atomic E-state index is 0.110. The van der Waals surface area contributed by atoms with E-state index in [9.17, 15) is 4.79 Å². The van der Waals surface area contributed by atoms with Crippen LogP contribution in [0.5, 0.6) is 0 Å². The standard InChI is InChI=1S/C13H12N4O/c18-13-16-9-4-2-6-12(16)15-17(13)10-7-11-5-1-3-8-14-11/h1-6,8-9H,7,10H2. The normalized spacial score (nSPS) is 10.9. The van der Waals surface area contributed by atoms with Gasteiger partial charge < -0.3 is 0 Å². The molecular formula is C13H12N4O. The highest BCUT2D eigenvalue weighted by molar-refractivity contribution is 5.35. The molecule has 5 heteroatoms. The summed E-state index contributed by atoms with van der Waals surface area (Å²) in [5.41, 5.74) is 1.52. The molecule has 0 bridgehead atoms. The van der Waals surface area contributed by atoms with Gasteiger partial charge in [-0.3, -0.25) is 9.38 Å². The van der Waals surface area contributed by atoms with Crippen LogP contribution in [0.1, 0.15) is 5.69 Å². The van der Waals surface area contributed by atoms with Crippen LogP contribution >= 0.6 is 0 Å². The zero-order valence-corrected chi connectivity index (χ0v) is 9.73. The van der Waals surface area contributed by atoms with Gasteiger partial charge in [-0.05, 0) is 24.3 Å². The van der Waals surface area contributed by atoms with Crippen molar-refractivity contribution in [1.82, 2.24) is 19.2 Å². The van der Waals surface area contributed by atoms with Gasteiger partial charge in [-0.1, -0.05) is 12.1 Å². The van der Waals surface area contributed by atoms with Gasteiger partial charge in [0.1, 0.15) is 0 Å². The zero-order valence-electron chi connectivity index (χ0n) is 9.73. The molecule has 0 aliphatic rings. The van der Waals surface area contributed by atoms with E-state index in [1.807, 2.05) is 36.4 Å². The van der Waals surface area contributed by atoms with Crippen LogP contribution in [0.3, 0.4) is 0 Å². The van der Waals surface area contributed by atoms with Crippen molar-refractivity contribution in [3.63, 3.8) is 0 Å². The number of aryl methyl sites for hydroxylation is 2. The molecule has 3 aromatic rings. The Hall–Kier alpha value is -2.43. The van der Waals surface area contributed by atoms with E-state index in [2.05, 4.69) is 10.1 Å². The van der Waals surface area contributed by atoms with E-state index in [4.69, 9.17) is 0 Å². The van der Waals surface area contributed by atoms with Crippen molar-refractivity contribution in [2.75, 3.05) is 0 Å². The Balaban J connectivity index is 1.87. The Morgan fingerprint density at radius 3 is 2.78 bits per heavy atom. The van der Waals surface area contributed by atoms with Gasteiger partial charge in [0.25, 0.3) is 0 Å². The summed E-state index contributed by atoms with van der Waals surface area (Å²) in [6.07, 6.45) is 4.17.